The van der Waals surface area contributed by atoms with Crippen LogP contribution in [0.5, 0.6) is 0 Å². The second kappa shape index (κ2) is 5.33. The fraction of sp³-hybridized carbons (Fsp3) is 0.333. The Morgan fingerprint density at radius 2 is 1.88 bits per heavy atom. The number of ether oxygens (including phenoxy) is 1. The van der Waals surface area contributed by atoms with Crippen molar-refractivity contribution in [3.05, 3.63) is 29.3 Å². The Morgan fingerprint density at radius 3 is 2.53 bits per heavy atom. The van der Waals surface area contributed by atoms with Crippen molar-refractivity contribution >= 4 is 11.8 Å². The van der Waals surface area contributed by atoms with Gasteiger partial charge in [0.25, 0.3) is 5.22 Å². The van der Waals surface area contributed by atoms with Gasteiger partial charge in [0.2, 0.25) is 5.89 Å². The van der Waals surface area contributed by atoms with Crippen LogP contribution in [-0.4, -0.2) is 23.2 Å². The Morgan fingerprint density at radius 1 is 1.18 bits per heavy atom. The van der Waals surface area contributed by atoms with Crippen molar-refractivity contribution in [3.8, 4) is 11.5 Å². The number of aryl methyl sites for hydroxylation is 2. The first-order valence-corrected chi connectivity index (χ1v) is 6.21. The Balaban J connectivity index is 2.24. The van der Waals surface area contributed by atoms with Gasteiger partial charge in [-0.05, 0) is 37.7 Å². The summed E-state index contributed by atoms with van der Waals surface area (Å²) in [6, 6.07) is 6.18. The summed E-state index contributed by atoms with van der Waals surface area (Å²) in [5, 5.41) is 8.51. The largest absolute Gasteiger partial charge is 0.411 e. The van der Waals surface area contributed by atoms with Crippen molar-refractivity contribution in [1.82, 2.24) is 10.2 Å². The van der Waals surface area contributed by atoms with Gasteiger partial charge in [-0.3, -0.25) is 0 Å². The van der Waals surface area contributed by atoms with Crippen molar-refractivity contribution in [2.75, 3.05) is 13.0 Å². The van der Waals surface area contributed by atoms with Gasteiger partial charge in [-0.1, -0.05) is 17.2 Å². The summed E-state index contributed by atoms with van der Waals surface area (Å²) >= 11 is 1.38. The Hall–Kier alpha value is -1.33. The van der Waals surface area contributed by atoms with Gasteiger partial charge in [0.05, 0.1) is 0 Å². The second-order valence-corrected chi connectivity index (χ2v) is 4.67. The topological polar surface area (TPSA) is 48.2 Å². The van der Waals surface area contributed by atoms with E-state index in [9.17, 15) is 0 Å². The molecule has 2 rings (SSSR count). The molecule has 1 aromatic carbocycles. The number of thioether (sulfide) groups is 1. The molecule has 0 radical (unpaired) electrons. The molecule has 1 aromatic heterocycles. The van der Waals surface area contributed by atoms with Gasteiger partial charge < -0.3 is 9.15 Å². The average Bonchev–Trinajstić information content (AvgIpc) is 2.73. The highest BCUT2D eigenvalue weighted by atomic mass is 32.2. The van der Waals surface area contributed by atoms with E-state index in [1.807, 2.05) is 26.0 Å². The summed E-state index contributed by atoms with van der Waals surface area (Å²) in [4.78, 5) is 0. The smallest absolute Gasteiger partial charge is 0.279 e. The van der Waals surface area contributed by atoms with E-state index >= 15 is 0 Å². The van der Waals surface area contributed by atoms with Crippen LogP contribution in [0, 0.1) is 13.8 Å². The molecular weight excluding hydrogens is 236 g/mol. The van der Waals surface area contributed by atoms with E-state index in [1.165, 1.54) is 22.9 Å². The Bertz CT molecular complexity index is 491. The minimum Gasteiger partial charge on any atom is -0.411 e. The maximum atomic E-state index is 5.54. The highest BCUT2D eigenvalue weighted by Crippen LogP contribution is 2.24. The standard InChI is InChI=1S/C12H14N2O2S/c1-8-4-9(2)6-10(5-8)11-13-14-12(16-11)17-7-15-3/h4-6H,7H2,1-3H3. The molecule has 0 aliphatic heterocycles. The maximum Gasteiger partial charge on any atom is 0.279 e. The number of hydrogen-bond acceptors (Lipinski definition) is 5. The summed E-state index contributed by atoms with van der Waals surface area (Å²) in [7, 11) is 1.63. The zero-order valence-electron chi connectivity index (χ0n) is 10.1. The van der Waals surface area contributed by atoms with Crippen molar-refractivity contribution in [2.24, 2.45) is 0 Å². The van der Waals surface area contributed by atoms with Crippen molar-refractivity contribution in [2.45, 2.75) is 19.1 Å². The predicted octanol–water partition coefficient (Wildman–Crippen LogP) is 3.05. The van der Waals surface area contributed by atoms with Crippen LogP contribution in [0.25, 0.3) is 11.5 Å². The van der Waals surface area contributed by atoms with Crippen LogP contribution in [-0.2, 0) is 4.74 Å². The highest BCUT2D eigenvalue weighted by molar-refractivity contribution is 7.98. The van der Waals surface area contributed by atoms with Gasteiger partial charge in [0, 0.05) is 12.7 Å². The van der Waals surface area contributed by atoms with E-state index in [0.29, 0.717) is 17.1 Å². The lowest BCUT2D eigenvalue weighted by atomic mass is 10.1. The molecule has 0 N–H and O–H groups in total. The van der Waals surface area contributed by atoms with Crippen LogP contribution < -0.4 is 0 Å². The Kier molecular flexibility index (Phi) is 3.81. The molecule has 0 aliphatic carbocycles. The predicted molar refractivity (Wildman–Crippen MR) is 66.9 cm³/mol. The third kappa shape index (κ3) is 3.08. The summed E-state index contributed by atoms with van der Waals surface area (Å²) in [6.07, 6.45) is 0. The van der Waals surface area contributed by atoms with Crippen LogP contribution in [0.15, 0.2) is 27.8 Å². The summed E-state index contributed by atoms with van der Waals surface area (Å²) in [5.74, 6) is 1.06. The molecule has 0 atom stereocenters. The van der Waals surface area contributed by atoms with Crippen LogP contribution in [0.4, 0.5) is 0 Å². The lowest BCUT2D eigenvalue weighted by Gasteiger charge is -1.99. The fourth-order valence-electron chi connectivity index (χ4n) is 1.59. The molecule has 0 fully saturated rings. The average molecular weight is 250 g/mol. The van der Waals surface area contributed by atoms with E-state index in [0.717, 1.165) is 5.56 Å². The number of nitrogens with zero attached hydrogens (tertiary/aromatic N) is 2. The van der Waals surface area contributed by atoms with Crippen LogP contribution in [0.2, 0.25) is 0 Å². The molecule has 0 aliphatic rings. The monoisotopic (exact) mass is 250 g/mol. The molecule has 1 heterocycles. The third-order valence-electron chi connectivity index (χ3n) is 2.18. The first-order valence-electron chi connectivity index (χ1n) is 5.23. The number of rotatable bonds is 4. The summed E-state index contributed by atoms with van der Waals surface area (Å²) in [6.45, 7) is 4.10. The van der Waals surface area contributed by atoms with Gasteiger partial charge in [-0.2, -0.15) is 0 Å². The molecule has 0 saturated heterocycles. The lowest BCUT2D eigenvalue weighted by molar-refractivity contribution is 0.257. The molecular formula is C12H14N2O2S. The van der Waals surface area contributed by atoms with Gasteiger partial charge in [-0.25, -0.2) is 0 Å². The van der Waals surface area contributed by atoms with Crippen LogP contribution in [0.1, 0.15) is 11.1 Å². The molecule has 0 spiro atoms. The molecule has 0 amide bonds. The minimum absolute atomic E-state index is 0.508. The van der Waals surface area contributed by atoms with E-state index in [4.69, 9.17) is 9.15 Å². The molecule has 0 saturated carbocycles. The molecule has 4 nitrogen and oxygen atoms in total. The second-order valence-electron chi connectivity index (χ2n) is 3.80. The Labute approximate surface area is 104 Å². The SMILES string of the molecule is COCSc1nnc(-c2cc(C)cc(C)c2)o1. The van der Waals surface area contributed by atoms with Gasteiger partial charge in [0.1, 0.15) is 5.94 Å². The maximum absolute atomic E-state index is 5.54. The number of aromatic nitrogens is 2. The quantitative estimate of drug-likeness (QED) is 0.616. The van der Waals surface area contributed by atoms with Gasteiger partial charge in [0.15, 0.2) is 0 Å². The van der Waals surface area contributed by atoms with Gasteiger partial charge >= 0.3 is 0 Å². The van der Waals surface area contributed by atoms with Crippen LogP contribution >= 0.6 is 11.8 Å². The molecule has 0 unspecified atom stereocenters. The number of benzene rings is 1. The fourth-order valence-corrected chi connectivity index (χ4v) is 2.05. The van der Waals surface area contributed by atoms with E-state index in [-0.39, 0.29) is 0 Å². The zero-order valence-corrected chi connectivity index (χ0v) is 10.9. The normalized spacial score (nSPS) is 10.8. The van der Waals surface area contributed by atoms with E-state index in [2.05, 4.69) is 16.3 Å². The number of methoxy groups -OCH3 is 1. The summed E-state index contributed by atoms with van der Waals surface area (Å²) in [5.41, 5.74) is 3.33. The molecule has 0 bridgehead atoms. The first kappa shape index (κ1) is 12.1. The van der Waals surface area contributed by atoms with Crippen molar-refractivity contribution in [1.29, 1.82) is 0 Å². The van der Waals surface area contributed by atoms with E-state index in [1.54, 1.807) is 7.11 Å². The van der Waals surface area contributed by atoms with Crippen molar-refractivity contribution in [3.63, 3.8) is 0 Å². The minimum atomic E-state index is 0.508. The highest BCUT2D eigenvalue weighted by Gasteiger charge is 2.09. The number of hydrogen-bond donors (Lipinski definition) is 0. The van der Waals surface area contributed by atoms with Gasteiger partial charge in [-0.15, -0.1) is 10.2 Å². The summed E-state index contributed by atoms with van der Waals surface area (Å²) < 4.78 is 10.5. The first-order chi connectivity index (χ1) is 8.19. The molecule has 90 valence electrons. The van der Waals surface area contributed by atoms with Crippen LogP contribution in [0.3, 0.4) is 0 Å². The molecule has 2 aromatic rings. The molecule has 5 heteroatoms. The lowest BCUT2D eigenvalue weighted by Crippen LogP contribution is -1.82. The molecule has 17 heavy (non-hydrogen) atoms. The zero-order chi connectivity index (χ0) is 12.3. The third-order valence-corrected chi connectivity index (χ3v) is 2.94. The van der Waals surface area contributed by atoms with Crippen molar-refractivity contribution < 1.29 is 9.15 Å². The van der Waals surface area contributed by atoms with E-state index < -0.39 is 0 Å².